The zero-order chi connectivity index (χ0) is 19.4. The molecule has 2 aromatic heterocycles. The quantitative estimate of drug-likeness (QED) is 0.649. The first-order chi connectivity index (χ1) is 13.0. The minimum atomic E-state index is 0.0336. The molecule has 0 saturated carbocycles. The molecule has 0 radical (unpaired) electrons. The average molecular weight is 364 g/mol. The van der Waals surface area contributed by atoms with Crippen molar-refractivity contribution in [1.29, 1.82) is 0 Å². The molecule has 0 aliphatic heterocycles. The van der Waals surface area contributed by atoms with E-state index in [-0.39, 0.29) is 18.3 Å². The fraction of sp³-hybridized carbons (Fsp3) is 0.300. The lowest BCUT2D eigenvalue weighted by atomic mass is 10.1. The number of amides is 1. The molecule has 2 N–H and O–H groups in total. The van der Waals surface area contributed by atoms with Gasteiger partial charge in [0.05, 0.1) is 6.42 Å². The highest BCUT2D eigenvalue weighted by Gasteiger charge is 2.19. The first kappa shape index (κ1) is 18.6. The van der Waals surface area contributed by atoms with Crippen molar-refractivity contribution in [3.8, 4) is 0 Å². The van der Waals surface area contributed by atoms with Crippen molar-refractivity contribution < 1.29 is 4.79 Å². The lowest BCUT2D eigenvalue weighted by molar-refractivity contribution is -0.130. The first-order valence-electron chi connectivity index (χ1n) is 8.90. The molecular formula is C20H24N6O. The summed E-state index contributed by atoms with van der Waals surface area (Å²) in [6, 6.07) is 10.1. The van der Waals surface area contributed by atoms with Gasteiger partial charge >= 0.3 is 0 Å². The predicted molar refractivity (Wildman–Crippen MR) is 105 cm³/mol. The van der Waals surface area contributed by atoms with Crippen LogP contribution in [-0.4, -0.2) is 43.5 Å². The van der Waals surface area contributed by atoms with Gasteiger partial charge in [-0.25, -0.2) is 4.98 Å². The second-order valence-corrected chi connectivity index (χ2v) is 6.48. The molecule has 0 atom stereocenters. The average Bonchev–Trinajstić information content (AvgIpc) is 3.03. The standard InChI is InChI=1S/C20H24N6O/c1-4-11-25(12-10-16-8-6-5-7-9-16)18(27)13-17-14(2)22-20-23-19(21)24-26(20)15(17)3/h4-9H,1,10-13H2,2-3H3,(H2,21,24). The van der Waals surface area contributed by atoms with Crippen molar-refractivity contribution in [3.05, 3.63) is 65.5 Å². The maximum Gasteiger partial charge on any atom is 0.254 e. The number of nitrogen functional groups attached to an aromatic ring is 1. The summed E-state index contributed by atoms with van der Waals surface area (Å²) in [5.74, 6) is 0.654. The van der Waals surface area contributed by atoms with Crippen LogP contribution in [0.3, 0.4) is 0 Å². The Balaban J connectivity index is 1.79. The number of nitrogens with zero attached hydrogens (tertiary/aromatic N) is 5. The summed E-state index contributed by atoms with van der Waals surface area (Å²) < 4.78 is 1.59. The molecule has 27 heavy (non-hydrogen) atoms. The molecular weight excluding hydrogens is 340 g/mol. The molecule has 0 aliphatic carbocycles. The van der Waals surface area contributed by atoms with Crippen LogP contribution in [0.2, 0.25) is 0 Å². The maximum atomic E-state index is 12.9. The fourth-order valence-corrected chi connectivity index (χ4v) is 3.13. The third-order valence-electron chi connectivity index (χ3n) is 4.61. The van der Waals surface area contributed by atoms with Crippen LogP contribution in [0.25, 0.3) is 5.78 Å². The van der Waals surface area contributed by atoms with Crippen LogP contribution >= 0.6 is 0 Å². The largest absolute Gasteiger partial charge is 0.366 e. The highest BCUT2D eigenvalue weighted by Crippen LogP contribution is 2.16. The number of benzene rings is 1. The van der Waals surface area contributed by atoms with E-state index in [1.807, 2.05) is 36.9 Å². The molecule has 0 spiro atoms. The number of carbonyl (C=O) groups excluding carboxylic acids is 1. The van der Waals surface area contributed by atoms with E-state index in [9.17, 15) is 4.79 Å². The summed E-state index contributed by atoms with van der Waals surface area (Å²) in [4.78, 5) is 23.3. The van der Waals surface area contributed by atoms with Crippen LogP contribution in [-0.2, 0) is 17.6 Å². The number of aromatic nitrogens is 4. The third-order valence-corrected chi connectivity index (χ3v) is 4.61. The Morgan fingerprint density at radius 2 is 2.00 bits per heavy atom. The minimum Gasteiger partial charge on any atom is -0.366 e. The Hall–Kier alpha value is -3.22. The molecule has 3 rings (SSSR count). The van der Waals surface area contributed by atoms with E-state index >= 15 is 0 Å². The van der Waals surface area contributed by atoms with Crippen molar-refractivity contribution >= 4 is 17.6 Å². The Kier molecular flexibility index (Phi) is 5.49. The molecule has 0 bridgehead atoms. The molecule has 140 valence electrons. The molecule has 0 aliphatic rings. The smallest absolute Gasteiger partial charge is 0.254 e. The van der Waals surface area contributed by atoms with E-state index in [0.717, 1.165) is 23.4 Å². The van der Waals surface area contributed by atoms with Crippen molar-refractivity contribution in [3.63, 3.8) is 0 Å². The van der Waals surface area contributed by atoms with Gasteiger partial charge in [0.2, 0.25) is 11.9 Å². The van der Waals surface area contributed by atoms with Crippen molar-refractivity contribution in [1.82, 2.24) is 24.5 Å². The van der Waals surface area contributed by atoms with Gasteiger partial charge in [0, 0.05) is 30.0 Å². The van der Waals surface area contributed by atoms with Crippen LogP contribution in [0.1, 0.15) is 22.5 Å². The van der Waals surface area contributed by atoms with E-state index in [1.165, 1.54) is 5.56 Å². The minimum absolute atomic E-state index is 0.0336. The SMILES string of the molecule is C=CCN(CCc1ccccc1)C(=O)Cc1c(C)nc2nc(N)nn2c1C. The van der Waals surface area contributed by atoms with Gasteiger partial charge in [-0.1, -0.05) is 36.4 Å². The van der Waals surface area contributed by atoms with Crippen LogP contribution in [0.15, 0.2) is 43.0 Å². The maximum absolute atomic E-state index is 12.9. The number of hydrogen-bond donors (Lipinski definition) is 1. The fourth-order valence-electron chi connectivity index (χ4n) is 3.13. The highest BCUT2D eigenvalue weighted by atomic mass is 16.2. The molecule has 2 heterocycles. The summed E-state index contributed by atoms with van der Waals surface area (Å²) >= 11 is 0. The molecule has 0 unspecified atom stereocenters. The highest BCUT2D eigenvalue weighted by molar-refractivity contribution is 5.79. The van der Waals surface area contributed by atoms with Crippen LogP contribution in [0.5, 0.6) is 0 Å². The Morgan fingerprint density at radius 1 is 1.26 bits per heavy atom. The van der Waals surface area contributed by atoms with E-state index in [0.29, 0.717) is 18.9 Å². The molecule has 3 aromatic rings. The molecule has 7 nitrogen and oxygen atoms in total. The Morgan fingerprint density at radius 3 is 2.70 bits per heavy atom. The van der Waals surface area contributed by atoms with Gasteiger partial charge in [0.15, 0.2) is 0 Å². The summed E-state index contributed by atoms with van der Waals surface area (Å²) in [7, 11) is 0. The number of carbonyl (C=O) groups is 1. The van der Waals surface area contributed by atoms with Gasteiger partial charge in [-0.3, -0.25) is 4.79 Å². The number of hydrogen-bond acceptors (Lipinski definition) is 5. The summed E-state index contributed by atoms with van der Waals surface area (Å²) in [5, 5.41) is 4.16. The number of nitrogens with two attached hydrogens (primary N) is 1. The van der Waals surface area contributed by atoms with Crippen molar-refractivity contribution in [2.45, 2.75) is 26.7 Å². The predicted octanol–water partition coefficient (Wildman–Crippen LogP) is 2.12. The zero-order valence-corrected chi connectivity index (χ0v) is 15.7. The van der Waals surface area contributed by atoms with Gasteiger partial charge in [-0.05, 0) is 25.8 Å². The monoisotopic (exact) mass is 364 g/mol. The Labute approximate surface area is 158 Å². The Bertz CT molecular complexity index is 964. The lowest BCUT2D eigenvalue weighted by Gasteiger charge is -2.22. The normalized spacial score (nSPS) is 10.9. The van der Waals surface area contributed by atoms with Gasteiger partial charge in [-0.15, -0.1) is 11.7 Å². The number of anilines is 1. The number of aryl methyl sites for hydroxylation is 2. The summed E-state index contributed by atoms with van der Waals surface area (Å²) in [6.45, 7) is 8.71. The van der Waals surface area contributed by atoms with E-state index in [2.05, 4.69) is 33.8 Å². The van der Waals surface area contributed by atoms with E-state index < -0.39 is 0 Å². The zero-order valence-electron chi connectivity index (χ0n) is 15.7. The molecule has 1 amide bonds. The van der Waals surface area contributed by atoms with Gasteiger partial charge < -0.3 is 10.6 Å². The van der Waals surface area contributed by atoms with Crippen molar-refractivity contribution in [2.75, 3.05) is 18.8 Å². The molecule has 1 aromatic carbocycles. The van der Waals surface area contributed by atoms with E-state index in [4.69, 9.17) is 5.73 Å². The van der Waals surface area contributed by atoms with Crippen LogP contribution < -0.4 is 5.73 Å². The molecule has 0 fully saturated rings. The number of fused-ring (bicyclic) bond motifs is 1. The second-order valence-electron chi connectivity index (χ2n) is 6.48. The van der Waals surface area contributed by atoms with Crippen LogP contribution in [0, 0.1) is 13.8 Å². The van der Waals surface area contributed by atoms with Gasteiger partial charge in [-0.2, -0.15) is 9.50 Å². The summed E-state index contributed by atoms with van der Waals surface area (Å²) in [5.41, 5.74) is 9.33. The van der Waals surface area contributed by atoms with Gasteiger partial charge in [0.25, 0.3) is 5.78 Å². The van der Waals surface area contributed by atoms with Crippen molar-refractivity contribution in [2.24, 2.45) is 0 Å². The molecule has 7 heteroatoms. The lowest BCUT2D eigenvalue weighted by Crippen LogP contribution is -2.34. The topological polar surface area (TPSA) is 89.4 Å². The van der Waals surface area contributed by atoms with Crippen LogP contribution in [0.4, 0.5) is 5.95 Å². The molecule has 0 saturated heterocycles. The third kappa shape index (κ3) is 4.13. The van der Waals surface area contributed by atoms with E-state index in [1.54, 1.807) is 10.6 Å². The summed E-state index contributed by atoms with van der Waals surface area (Å²) in [6.07, 6.45) is 2.81. The number of rotatable bonds is 7. The first-order valence-corrected chi connectivity index (χ1v) is 8.90. The van der Waals surface area contributed by atoms with Gasteiger partial charge in [0.1, 0.15) is 0 Å². The second kappa shape index (κ2) is 7.99.